The zero-order chi connectivity index (χ0) is 19.2. The Kier molecular flexibility index (Phi) is 5.20. The molecule has 6 nitrogen and oxygen atoms in total. The Hall–Kier alpha value is -3.80. The van der Waals surface area contributed by atoms with Crippen LogP contribution in [0, 0.1) is 0 Å². The monoisotopic (exact) mass is 369 g/mol. The van der Waals surface area contributed by atoms with Gasteiger partial charge in [-0.15, -0.1) is 5.10 Å². The fourth-order valence-electron chi connectivity index (χ4n) is 3.01. The molecule has 4 rings (SSSR count). The van der Waals surface area contributed by atoms with E-state index in [9.17, 15) is 4.79 Å². The van der Waals surface area contributed by atoms with Crippen LogP contribution in [0.3, 0.4) is 0 Å². The van der Waals surface area contributed by atoms with E-state index >= 15 is 0 Å². The number of amides is 1. The van der Waals surface area contributed by atoms with Gasteiger partial charge in [-0.3, -0.25) is 4.79 Å². The molecule has 1 amide bonds. The van der Waals surface area contributed by atoms with E-state index in [1.54, 1.807) is 4.68 Å². The van der Waals surface area contributed by atoms with Crippen LogP contribution in [0.25, 0.3) is 5.69 Å². The standard InChI is InChI=1S/C22H19N5O/c28-22(15-18-11-13-21(14-12-18)27-17-23-24-25-27)26(20-9-5-2-6-10-20)16-19-7-3-1-4-8-19/h1-14,17H,15-16H2. The minimum Gasteiger partial charge on any atom is -0.308 e. The average molecular weight is 369 g/mol. The molecule has 28 heavy (non-hydrogen) atoms. The molecule has 1 aromatic heterocycles. The maximum Gasteiger partial charge on any atom is 0.231 e. The second-order valence-electron chi connectivity index (χ2n) is 6.40. The molecule has 0 fully saturated rings. The summed E-state index contributed by atoms with van der Waals surface area (Å²) in [5.74, 6) is 0.0465. The fraction of sp³-hybridized carbons (Fsp3) is 0.0909. The van der Waals surface area contributed by atoms with Crippen molar-refractivity contribution in [1.29, 1.82) is 0 Å². The molecule has 6 heteroatoms. The molecule has 0 aliphatic rings. The van der Waals surface area contributed by atoms with E-state index in [0.29, 0.717) is 13.0 Å². The molecule has 0 N–H and O–H groups in total. The number of aromatic nitrogens is 4. The van der Waals surface area contributed by atoms with Crippen molar-refractivity contribution in [3.8, 4) is 5.69 Å². The summed E-state index contributed by atoms with van der Waals surface area (Å²) in [6.07, 6.45) is 1.86. The van der Waals surface area contributed by atoms with Gasteiger partial charge in [0, 0.05) is 5.69 Å². The van der Waals surface area contributed by atoms with Crippen molar-refractivity contribution in [1.82, 2.24) is 20.2 Å². The van der Waals surface area contributed by atoms with E-state index < -0.39 is 0 Å². The molecular formula is C22H19N5O. The Morgan fingerprint density at radius 3 is 2.14 bits per heavy atom. The predicted molar refractivity (Wildman–Crippen MR) is 107 cm³/mol. The van der Waals surface area contributed by atoms with Crippen LogP contribution in [0.15, 0.2) is 91.3 Å². The van der Waals surface area contributed by atoms with Gasteiger partial charge in [0.25, 0.3) is 0 Å². The normalized spacial score (nSPS) is 10.6. The Balaban J connectivity index is 1.53. The summed E-state index contributed by atoms with van der Waals surface area (Å²) in [5, 5.41) is 11.1. The van der Waals surface area contributed by atoms with Gasteiger partial charge in [-0.25, -0.2) is 4.68 Å². The lowest BCUT2D eigenvalue weighted by Crippen LogP contribution is -2.31. The summed E-state index contributed by atoms with van der Waals surface area (Å²) in [6, 6.07) is 27.5. The average Bonchev–Trinajstić information content (AvgIpc) is 3.29. The van der Waals surface area contributed by atoms with Gasteiger partial charge >= 0.3 is 0 Å². The Morgan fingerprint density at radius 2 is 1.50 bits per heavy atom. The summed E-state index contributed by atoms with van der Waals surface area (Å²) in [7, 11) is 0. The minimum atomic E-state index is 0.0465. The lowest BCUT2D eigenvalue weighted by molar-refractivity contribution is -0.118. The number of para-hydroxylation sites is 1. The molecule has 3 aromatic carbocycles. The van der Waals surface area contributed by atoms with Crippen LogP contribution in [0.5, 0.6) is 0 Å². The SMILES string of the molecule is O=C(Cc1ccc(-n2cnnn2)cc1)N(Cc1ccccc1)c1ccccc1. The maximum atomic E-state index is 13.1. The zero-order valence-electron chi connectivity index (χ0n) is 15.2. The Bertz CT molecular complexity index is 1020. The van der Waals surface area contributed by atoms with Gasteiger partial charge in [0.1, 0.15) is 6.33 Å². The molecule has 1 heterocycles. The summed E-state index contributed by atoms with van der Waals surface area (Å²) in [6.45, 7) is 0.534. The van der Waals surface area contributed by atoms with Crippen molar-refractivity contribution in [2.24, 2.45) is 0 Å². The first-order chi connectivity index (χ1) is 13.8. The highest BCUT2D eigenvalue weighted by atomic mass is 16.2. The van der Waals surface area contributed by atoms with E-state index in [2.05, 4.69) is 15.5 Å². The highest BCUT2D eigenvalue weighted by molar-refractivity contribution is 5.94. The van der Waals surface area contributed by atoms with Crippen molar-refractivity contribution < 1.29 is 4.79 Å². The molecule has 0 radical (unpaired) electrons. The van der Waals surface area contributed by atoms with Gasteiger partial charge in [-0.05, 0) is 45.8 Å². The molecular weight excluding hydrogens is 350 g/mol. The van der Waals surface area contributed by atoms with E-state index in [1.807, 2.05) is 89.8 Å². The number of carbonyl (C=O) groups is 1. The summed E-state index contributed by atoms with van der Waals surface area (Å²) >= 11 is 0. The number of hydrogen-bond acceptors (Lipinski definition) is 4. The number of anilines is 1. The molecule has 0 aliphatic carbocycles. The third-order valence-electron chi connectivity index (χ3n) is 4.46. The molecule has 0 bridgehead atoms. The van der Waals surface area contributed by atoms with E-state index in [1.165, 1.54) is 6.33 Å². The van der Waals surface area contributed by atoms with Gasteiger partial charge in [0.05, 0.1) is 18.7 Å². The van der Waals surface area contributed by atoms with Crippen LogP contribution in [-0.4, -0.2) is 26.1 Å². The molecule has 0 aliphatic heterocycles. The first-order valence-corrected chi connectivity index (χ1v) is 9.01. The molecule has 138 valence electrons. The van der Waals surface area contributed by atoms with Gasteiger partial charge in [-0.2, -0.15) is 0 Å². The topological polar surface area (TPSA) is 63.9 Å². The molecule has 0 saturated heterocycles. The first-order valence-electron chi connectivity index (χ1n) is 9.01. The van der Waals surface area contributed by atoms with Crippen LogP contribution < -0.4 is 4.90 Å². The van der Waals surface area contributed by atoms with Crippen LogP contribution in [0.1, 0.15) is 11.1 Å². The smallest absolute Gasteiger partial charge is 0.231 e. The lowest BCUT2D eigenvalue weighted by Gasteiger charge is -2.23. The van der Waals surface area contributed by atoms with Gasteiger partial charge in [-0.1, -0.05) is 60.7 Å². The van der Waals surface area contributed by atoms with Crippen LogP contribution in [-0.2, 0) is 17.8 Å². The van der Waals surface area contributed by atoms with Crippen molar-refractivity contribution >= 4 is 11.6 Å². The van der Waals surface area contributed by atoms with E-state index in [-0.39, 0.29) is 5.91 Å². The predicted octanol–water partition coefficient (Wildman–Crippen LogP) is 3.44. The number of tetrazole rings is 1. The van der Waals surface area contributed by atoms with Crippen molar-refractivity contribution in [3.63, 3.8) is 0 Å². The third kappa shape index (κ3) is 4.12. The molecule has 0 saturated carbocycles. The quantitative estimate of drug-likeness (QED) is 0.522. The second-order valence-corrected chi connectivity index (χ2v) is 6.40. The number of carbonyl (C=O) groups excluding carboxylic acids is 1. The van der Waals surface area contributed by atoms with Crippen LogP contribution in [0.2, 0.25) is 0 Å². The maximum absolute atomic E-state index is 13.1. The molecule has 0 unspecified atom stereocenters. The van der Waals surface area contributed by atoms with Gasteiger partial charge < -0.3 is 4.90 Å². The van der Waals surface area contributed by atoms with Gasteiger partial charge in [0.2, 0.25) is 5.91 Å². The van der Waals surface area contributed by atoms with Crippen molar-refractivity contribution in [2.75, 3.05) is 4.90 Å². The summed E-state index contributed by atoms with van der Waals surface area (Å²) in [4.78, 5) is 14.9. The van der Waals surface area contributed by atoms with Gasteiger partial charge in [0.15, 0.2) is 0 Å². The number of hydrogen-bond donors (Lipinski definition) is 0. The van der Waals surface area contributed by atoms with Crippen LogP contribution in [0.4, 0.5) is 5.69 Å². The van der Waals surface area contributed by atoms with Crippen molar-refractivity contribution in [3.05, 3.63) is 102 Å². The molecule has 0 spiro atoms. The van der Waals surface area contributed by atoms with E-state index in [4.69, 9.17) is 0 Å². The largest absolute Gasteiger partial charge is 0.308 e. The minimum absolute atomic E-state index is 0.0465. The highest BCUT2D eigenvalue weighted by Crippen LogP contribution is 2.19. The fourth-order valence-corrected chi connectivity index (χ4v) is 3.01. The second kappa shape index (κ2) is 8.26. The number of rotatable bonds is 6. The molecule has 0 atom stereocenters. The lowest BCUT2D eigenvalue weighted by atomic mass is 10.1. The Morgan fingerprint density at radius 1 is 0.821 bits per heavy atom. The Labute approximate surface area is 163 Å². The number of nitrogens with zero attached hydrogens (tertiary/aromatic N) is 5. The van der Waals surface area contributed by atoms with Crippen LogP contribution >= 0.6 is 0 Å². The highest BCUT2D eigenvalue weighted by Gasteiger charge is 2.16. The third-order valence-corrected chi connectivity index (χ3v) is 4.46. The van der Waals surface area contributed by atoms with Crippen molar-refractivity contribution in [2.45, 2.75) is 13.0 Å². The zero-order valence-corrected chi connectivity index (χ0v) is 15.2. The number of benzene rings is 3. The molecule has 4 aromatic rings. The first kappa shape index (κ1) is 17.6. The van der Waals surface area contributed by atoms with E-state index in [0.717, 1.165) is 22.5 Å². The summed E-state index contributed by atoms with van der Waals surface area (Å²) < 4.78 is 1.58. The summed E-state index contributed by atoms with van der Waals surface area (Å²) in [5.41, 5.74) is 3.77.